The van der Waals surface area contributed by atoms with Gasteiger partial charge < -0.3 is 0 Å². The van der Waals surface area contributed by atoms with E-state index in [4.69, 9.17) is 0 Å². The van der Waals surface area contributed by atoms with E-state index in [9.17, 15) is 0 Å². The first-order valence-corrected chi connectivity index (χ1v) is 7.68. The molecule has 14 heavy (non-hydrogen) atoms. The highest BCUT2D eigenvalue weighted by atomic mass is 127. The lowest BCUT2D eigenvalue weighted by Gasteiger charge is -2.01. The fraction of sp³-hybridized carbons (Fsp3) is 0.273. The summed E-state index contributed by atoms with van der Waals surface area (Å²) in [6.07, 6.45) is 3.27. The maximum absolute atomic E-state index is 2.42. The molecule has 1 heterocycles. The molecule has 0 fully saturated rings. The van der Waals surface area contributed by atoms with Crippen LogP contribution in [-0.4, -0.2) is 6.26 Å². The average Bonchev–Trinajstić information content (AvgIpc) is 2.58. The fourth-order valence-corrected chi connectivity index (χ4v) is 4.27. The summed E-state index contributed by atoms with van der Waals surface area (Å²) in [5, 5.41) is 3.73. The Morgan fingerprint density at radius 1 is 1.43 bits per heavy atom. The number of hydrogen-bond acceptors (Lipinski definition) is 2. The number of aryl methyl sites for hydroxylation is 1. The van der Waals surface area contributed by atoms with E-state index in [-0.39, 0.29) is 0 Å². The Morgan fingerprint density at radius 3 is 2.86 bits per heavy atom. The van der Waals surface area contributed by atoms with E-state index in [1.54, 1.807) is 0 Å². The first-order chi connectivity index (χ1) is 6.76. The van der Waals surface area contributed by atoms with Crippen LogP contribution >= 0.6 is 45.7 Å². The van der Waals surface area contributed by atoms with Gasteiger partial charge in [0.15, 0.2) is 0 Å². The molecule has 0 aliphatic rings. The molecule has 2 aromatic rings. The van der Waals surface area contributed by atoms with Gasteiger partial charge in [0.1, 0.15) is 0 Å². The van der Waals surface area contributed by atoms with E-state index in [2.05, 4.69) is 53.3 Å². The molecule has 0 N–H and O–H groups in total. The molecule has 0 radical (unpaired) electrons. The third-order valence-electron chi connectivity index (χ3n) is 2.31. The predicted molar refractivity (Wildman–Crippen MR) is 75.7 cm³/mol. The summed E-state index contributed by atoms with van der Waals surface area (Å²) < 4.78 is 2.79. The molecule has 0 aliphatic heterocycles. The second-order valence-electron chi connectivity index (χ2n) is 3.10. The first kappa shape index (κ1) is 10.8. The number of thiophene rings is 1. The van der Waals surface area contributed by atoms with Crippen LogP contribution in [0, 0.1) is 3.57 Å². The Hall–Kier alpha value is 0.260. The number of fused-ring (bicyclic) bond motifs is 1. The van der Waals surface area contributed by atoms with Crippen molar-refractivity contribution < 1.29 is 0 Å². The second kappa shape index (κ2) is 4.41. The Balaban J connectivity index is 2.69. The highest BCUT2D eigenvalue weighted by Crippen LogP contribution is 2.33. The van der Waals surface area contributed by atoms with Crippen molar-refractivity contribution in [2.75, 3.05) is 6.26 Å². The van der Waals surface area contributed by atoms with Gasteiger partial charge in [0.2, 0.25) is 0 Å². The summed E-state index contributed by atoms with van der Waals surface area (Å²) in [4.78, 5) is 1.39. The minimum Gasteiger partial charge on any atom is -0.143 e. The molecule has 0 bridgehead atoms. The molecular weight excluding hydrogens is 323 g/mol. The van der Waals surface area contributed by atoms with Crippen molar-refractivity contribution in [2.45, 2.75) is 18.2 Å². The average molecular weight is 334 g/mol. The summed E-state index contributed by atoms with van der Waals surface area (Å²) in [6.45, 7) is 2.22. The topological polar surface area (TPSA) is 0 Å². The van der Waals surface area contributed by atoms with Crippen LogP contribution < -0.4 is 0 Å². The number of halogens is 1. The summed E-state index contributed by atoms with van der Waals surface area (Å²) in [5.41, 5.74) is 1.48. The maximum Gasteiger partial charge on any atom is 0.0357 e. The highest BCUT2D eigenvalue weighted by Gasteiger charge is 2.06. The Labute approximate surface area is 106 Å². The smallest absolute Gasteiger partial charge is 0.0357 e. The lowest BCUT2D eigenvalue weighted by molar-refractivity contribution is 1.17. The highest BCUT2D eigenvalue weighted by molar-refractivity contribution is 14.1. The minimum absolute atomic E-state index is 1.13. The van der Waals surface area contributed by atoms with Gasteiger partial charge in [-0.3, -0.25) is 0 Å². The standard InChI is InChI=1S/C11H11IS2/c1-3-7-6-14-10-5-11(13-2)9(12)4-8(7)10/h4-6H,3H2,1-2H3. The molecular formula is C11H11IS2. The van der Waals surface area contributed by atoms with Crippen molar-refractivity contribution in [3.8, 4) is 0 Å². The monoisotopic (exact) mass is 334 g/mol. The summed E-state index contributed by atoms with van der Waals surface area (Å²) in [7, 11) is 0. The minimum atomic E-state index is 1.13. The molecule has 1 aromatic heterocycles. The molecule has 2 rings (SSSR count). The summed E-state index contributed by atoms with van der Waals surface area (Å²) >= 11 is 6.11. The molecule has 0 atom stereocenters. The van der Waals surface area contributed by atoms with Crippen LogP contribution in [0.3, 0.4) is 0 Å². The molecule has 0 spiro atoms. The van der Waals surface area contributed by atoms with Gasteiger partial charge in [-0.1, -0.05) is 6.92 Å². The van der Waals surface area contributed by atoms with E-state index >= 15 is 0 Å². The summed E-state index contributed by atoms with van der Waals surface area (Å²) in [5.74, 6) is 0. The molecule has 0 unspecified atom stereocenters. The largest absolute Gasteiger partial charge is 0.143 e. The zero-order valence-electron chi connectivity index (χ0n) is 8.13. The summed E-state index contributed by atoms with van der Waals surface area (Å²) in [6, 6.07) is 4.63. The fourth-order valence-electron chi connectivity index (χ4n) is 1.51. The van der Waals surface area contributed by atoms with Gasteiger partial charge in [0, 0.05) is 13.2 Å². The molecule has 0 amide bonds. The van der Waals surface area contributed by atoms with E-state index in [0.29, 0.717) is 0 Å². The van der Waals surface area contributed by atoms with Crippen molar-refractivity contribution >= 4 is 55.8 Å². The number of benzene rings is 1. The van der Waals surface area contributed by atoms with Gasteiger partial charge >= 0.3 is 0 Å². The normalized spacial score (nSPS) is 11.1. The van der Waals surface area contributed by atoms with Crippen molar-refractivity contribution in [3.05, 3.63) is 26.6 Å². The Morgan fingerprint density at radius 2 is 2.21 bits per heavy atom. The van der Waals surface area contributed by atoms with Gasteiger partial charge in [-0.2, -0.15) is 0 Å². The molecule has 0 aliphatic carbocycles. The van der Waals surface area contributed by atoms with E-state index in [0.717, 1.165) is 6.42 Å². The third kappa shape index (κ3) is 1.82. The van der Waals surface area contributed by atoms with Crippen LogP contribution in [0.5, 0.6) is 0 Å². The maximum atomic E-state index is 2.42. The lowest BCUT2D eigenvalue weighted by atomic mass is 10.1. The molecule has 0 saturated carbocycles. The quantitative estimate of drug-likeness (QED) is 0.562. The number of thioether (sulfide) groups is 1. The molecule has 74 valence electrons. The number of hydrogen-bond donors (Lipinski definition) is 0. The van der Waals surface area contributed by atoms with E-state index < -0.39 is 0 Å². The Kier molecular flexibility index (Phi) is 3.39. The second-order valence-corrected chi connectivity index (χ2v) is 6.02. The molecule has 0 saturated heterocycles. The van der Waals surface area contributed by atoms with Crippen molar-refractivity contribution in [1.82, 2.24) is 0 Å². The van der Waals surface area contributed by atoms with Gasteiger partial charge in [0.25, 0.3) is 0 Å². The van der Waals surface area contributed by atoms with Gasteiger partial charge in [-0.15, -0.1) is 23.1 Å². The van der Waals surface area contributed by atoms with Crippen LogP contribution in [0.25, 0.3) is 10.1 Å². The Bertz CT molecular complexity index is 460. The van der Waals surface area contributed by atoms with Gasteiger partial charge in [-0.05, 0) is 63.7 Å². The van der Waals surface area contributed by atoms with Crippen LogP contribution in [0.1, 0.15) is 12.5 Å². The predicted octanol–water partition coefficient (Wildman–Crippen LogP) is 4.79. The van der Waals surface area contributed by atoms with Crippen molar-refractivity contribution in [1.29, 1.82) is 0 Å². The zero-order valence-corrected chi connectivity index (χ0v) is 11.9. The van der Waals surface area contributed by atoms with Crippen LogP contribution in [-0.2, 0) is 6.42 Å². The zero-order chi connectivity index (χ0) is 10.1. The van der Waals surface area contributed by atoms with E-state index in [1.165, 1.54) is 24.1 Å². The van der Waals surface area contributed by atoms with Crippen LogP contribution in [0.15, 0.2) is 22.4 Å². The van der Waals surface area contributed by atoms with Gasteiger partial charge in [0.05, 0.1) is 0 Å². The van der Waals surface area contributed by atoms with Crippen molar-refractivity contribution in [2.24, 2.45) is 0 Å². The van der Waals surface area contributed by atoms with Crippen LogP contribution in [0.2, 0.25) is 0 Å². The van der Waals surface area contributed by atoms with Gasteiger partial charge in [-0.25, -0.2) is 0 Å². The third-order valence-corrected chi connectivity index (χ3v) is 5.34. The molecule has 0 nitrogen and oxygen atoms in total. The first-order valence-electron chi connectivity index (χ1n) is 4.50. The van der Waals surface area contributed by atoms with Crippen LogP contribution in [0.4, 0.5) is 0 Å². The SMILES string of the molecule is CCc1csc2cc(SC)c(I)cc12. The number of rotatable bonds is 2. The van der Waals surface area contributed by atoms with E-state index in [1.807, 2.05) is 23.1 Å². The lowest BCUT2D eigenvalue weighted by Crippen LogP contribution is -1.80. The molecule has 1 aromatic carbocycles. The molecule has 3 heteroatoms. The van der Waals surface area contributed by atoms with Crippen molar-refractivity contribution in [3.63, 3.8) is 0 Å².